The number of hydrogen-bond acceptors (Lipinski definition) is 1. The third kappa shape index (κ3) is 2.22. The average Bonchev–Trinajstić information content (AvgIpc) is 2.75. The lowest BCUT2D eigenvalue weighted by molar-refractivity contribution is 0.293. The van der Waals surface area contributed by atoms with E-state index in [1.807, 2.05) is 0 Å². The van der Waals surface area contributed by atoms with Crippen LogP contribution in [0.3, 0.4) is 0 Å². The maximum atomic E-state index is 3.61. The zero-order chi connectivity index (χ0) is 8.39. The van der Waals surface area contributed by atoms with Gasteiger partial charge < -0.3 is 5.32 Å². The lowest BCUT2D eigenvalue weighted by atomic mass is 9.85. The monoisotopic (exact) mass is 167 g/mol. The number of rotatable bonds is 5. The van der Waals surface area contributed by atoms with Crippen molar-refractivity contribution < 1.29 is 0 Å². The summed E-state index contributed by atoms with van der Waals surface area (Å²) in [6, 6.07) is 0. The highest BCUT2D eigenvalue weighted by Gasteiger charge is 2.27. The van der Waals surface area contributed by atoms with Crippen LogP contribution < -0.4 is 5.32 Å². The molecule has 0 saturated heterocycles. The normalized spacial score (nSPS) is 26.8. The Morgan fingerprint density at radius 3 is 2.50 bits per heavy atom. The highest BCUT2D eigenvalue weighted by Crippen LogP contribution is 2.36. The fourth-order valence-corrected chi connectivity index (χ4v) is 2.04. The van der Waals surface area contributed by atoms with E-state index in [0.29, 0.717) is 0 Å². The first-order valence-electron chi connectivity index (χ1n) is 5.57. The number of hydrogen-bond donors (Lipinski definition) is 1. The zero-order valence-electron chi connectivity index (χ0n) is 8.18. The van der Waals surface area contributed by atoms with E-state index < -0.39 is 0 Å². The minimum absolute atomic E-state index is 0.935. The van der Waals surface area contributed by atoms with Gasteiger partial charge in [0.25, 0.3) is 0 Å². The molecular formula is C11H21N. The molecule has 0 heterocycles. The van der Waals surface area contributed by atoms with Crippen LogP contribution in [0.15, 0.2) is 0 Å². The van der Waals surface area contributed by atoms with Crippen LogP contribution in [0.1, 0.15) is 39.0 Å². The topological polar surface area (TPSA) is 12.0 Å². The van der Waals surface area contributed by atoms with Crippen LogP contribution in [0.25, 0.3) is 0 Å². The molecule has 0 amide bonds. The van der Waals surface area contributed by atoms with Crippen molar-refractivity contribution in [2.75, 3.05) is 13.1 Å². The first-order chi connectivity index (χ1) is 5.86. The van der Waals surface area contributed by atoms with E-state index in [0.717, 1.165) is 17.8 Å². The molecule has 0 aromatic rings. The summed E-state index contributed by atoms with van der Waals surface area (Å²) in [6.07, 6.45) is 7.42. The van der Waals surface area contributed by atoms with Crippen molar-refractivity contribution in [1.29, 1.82) is 0 Å². The van der Waals surface area contributed by atoms with E-state index in [4.69, 9.17) is 0 Å². The summed E-state index contributed by atoms with van der Waals surface area (Å²) in [5, 5.41) is 3.61. The highest BCUT2D eigenvalue weighted by molar-refractivity contribution is 4.80. The maximum absolute atomic E-state index is 3.61. The van der Waals surface area contributed by atoms with Gasteiger partial charge in [-0.25, -0.2) is 0 Å². The SMILES string of the molecule is CC(CNCC1CCC1)C1CC1. The molecule has 0 bridgehead atoms. The second-order valence-electron chi connectivity index (χ2n) is 4.77. The van der Waals surface area contributed by atoms with Crippen LogP contribution in [0.5, 0.6) is 0 Å². The van der Waals surface area contributed by atoms with Crippen molar-refractivity contribution in [2.24, 2.45) is 17.8 Å². The molecule has 0 aromatic carbocycles. The lowest BCUT2D eigenvalue weighted by Crippen LogP contribution is -2.30. The smallest absolute Gasteiger partial charge is 0.00204 e. The van der Waals surface area contributed by atoms with Gasteiger partial charge in [-0.1, -0.05) is 13.3 Å². The van der Waals surface area contributed by atoms with Gasteiger partial charge in [-0.05, 0) is 56.5 Å². The third-order valence-electron chi connectivity index (χ3n) is 3.55. The Kier molecular flexibility index (Phi) is 2.69. The van der Waals surface area contributed by atoms with Crippen molar-refractivity contribution in [2.45, 2.75) is 39.0 Å². The minimum Gasteiger partial charge on any atom is -0.316 e. The maximum Gasteiger partial charge on any atom is -0.00204 e. The van der Waals surface area contributed by atoms with E-state index in [9.17, 15) is 0 Å². The molecular weight excluding hydrogens is 146 g/mol. The fraction of sp³-hybridized carbons (Fsp3) is 1.00. The second kappa shape index (κ2) is 3.78. The fourth-order valence-electron chi connectivity index (χ4n) is 2.04. The first kappa shape index (κ1) is 8.55. The summed E-state index contributed by atoms with van der Waals surface area (Å²) in [7, 11) is 0. The average molecular weight is 167 g/mol. The second-order valence-corrected chi connectivity index (χ2v) is 4.77. The van der Waals surface area contributed by atoms with Crippen LogP contribution in [0.2, 0.25) is 0 Å². The van der Waals surface area contributed by atoms with Crippen molar-refractivity contribution in [3.05, 3.63) is 0 Å². The largest absolute Gasteiger partial charge is 0.316 e. The van der Waals surface area contributed by atoms with Gasteiger partial charge in [0.05, 0.1) is 0 Å². The quantitative estimate of drug-likeness (QED) is 0.663. The molecule has 1 heteroatoms. The zero-order valence-corrected chi connectivity index (χ0v) is 8.18. The van der Waals surface area contributed by atoms with E-state index >= 15 is 0 Å². The number of nitrogens with one attached hydrogen (secondary N) is 1. The molecule has 2 aliphatic carbocycles. The Bertz CT molecular complexity index is 136. The van der Waals surface area contributed by atoms with Crippen molar-refractivity contribution in [3.63, 3.8) is 0 Å². The molecule has 1 N–H and O–H groups in total. The van der Waals surface area contributed by atoms with Gasteiger partial charge in [0.1, 0.15) is 0 Å². The summed E-state index contributed by atoms with van der Waals surface area (Å²) < 4.78 is 0. The van der Waals surface area contributed by atoms with E-state index in [2.05, 4.69) is 12.2 Å². The summed E-state index contributed by atoms with van der Waals surface area (Å²) in [6.45, 7) is 4.95. The van der Waals surface area contributed by atoms with Crippen molar-refractivity contribution in [3.8, 4) is 0 Å². The molecule has 0 aromatic heterocycles. The van der Waals surface area contributed by atoms with Gasteiger partial charge in [0, 0.05) is 0 Å². The van der Waals surface area contributed by atoms with Gasteiger partial charge in [-0.15, -0.1) is 0 Å². The highest BCUT2D eigenvalue weighted by atomic mass is 14.9. The molecule has 2 fully saturated rings. The first-order valence-corrected chi connectivity index (χ1v) is 5.57. The van der Waals surface area contributed by atoms with Crippen molar-refractivity contribution in [1.82, 2.24) is 5.32 Å². The molecule has 0 aliphatic heterocycles. The molecule has 2 rings (SSSR count). The Hall–Kier alpha value is -0.0400. The Labute approximate surface area is 75.9 Å². The molecule has 0 radical (unpaired) electrons. The van der Waals surface area contributed by atoms with Crippen LogP contribution >= 0.6 is 0 Å². The van der Waals surface area contributed by atoms with Crippen LogP contribution in [-0.4, -0.2) is 13.1 Å². The van der Waals surface area contributed by atoms with Gasteiger partial charge >= 0.3 is 0 Å². The van der Waals surface area contributed by atoms with Gasteiger partial charge in [0.15, 0.2) is 0 Å². The van der Waals surface area contributed by atoms with E-state index in [1.165, 1.54) is 45.2 Å². The molecule has 1 unspecified atom stereocenters. The molecule has 12 heavy (non-hydrogen) atoms. The van der Waals surface area contributed by atoms with Gasteiger partial charge in [0.2, 0.25) is 0 Å². The van der Waals surface area contributed by atoms with Crippen molar-refractivity contribution >= 4 is 0 Å². The molecule has 1 atom stereocenters. The Balaban J connectivity index is 1.49. The summed E-state index contributed by atoms with van der Waals surface area (Å²) in [5.41, 5.74) is 0. The minimum atomic E-state index is 0.935. The van der Waals surface area contributed by atoms with Gasteiger partial charge in [-0.2, -0.15) is 0 Å². The molecule has 2 aliphatic rings. The standard InChI is InChI=1S/C11H21N/c1-9(11-5-6-11)7-12-8-10-3-2-4-10/h9-12H,2-8H2,1H3. The van der Waals surface area contributed by atoms with Crippen LogP contribution in [0.4, 0.5) is 0 Å². The summed E-state index contributed by atoms with van der Waals surface area (Å²) in [4.78, 5) is 0. The molecule has 2 saturated carbocycles. The summed E-state index contributed by atoms with van der Waals surface area (Å²) >= 11 is 0. The molecule has 0 spiro atoms. The lowest BCUT2D eigenvalue weighted by Gasteiger charge is -2.26. The van der Waals surface area contributed by atoms with Crippen LogP contribution in [0, 0.1) is 17.8 Å². The summed E-state index contributed by atoms with van der Waals surface area (Å²) in [5.74, 6) is 3.03. The third-order valence-corrected chi connectivity index (χ3v) is 3.55. The Morgan fingerprint density at radius 2 is 2.00 bits per heavy atom. The molecule has 70 valence electrons. The molecule has 1 nitrogen and oxygen atoms in total. The van der Waals surface area contributed by atoms with E-state index in [1.54, 1.807) is 0 Å². The predicted molar refractivity (Wildman–Crippen MR) is 52.1 cm³/mol. The van der Waals surface area contributed by atoms with Crippen LogP contribution in [-0.2, 0) is 0 Å². The van der Waals surface area contributed by atoms with E-state index in [-0.39, 0.29) is 0 Å². The predicted octanol–water partition coefficient (Wildman–Crippen LogP) is 2.42. The van der Waals surface area contributed by atoms with Gasteiger partial charge in [-0.3, -0.25) is 0 Å². The Morgan fingerprint density at radius 1 is 1.25 bits per heavy atom.